The maximum absolute atomic E-state index is 2.37. The van der Waals surface area contributed by atoms with E-state index >= 15 is 0 Å². The van der Waals surface area contributed by atoms with Gasteiger partial charge < -0.3 is 0 Å². The van der Waals surface area contributed by atoms with Crippen molar-refractivity contribution in [2.45, 2.75) is 52.4 Å². The second-order valence-electron chi connectivity index (χ2n) is 6.62. The van der Waals surface area contributed by atoms with E-state index in [0.717, 1.165) is 11.8 Å². The first-order chi connectivity index (χ1) is 10.7. The first kappa shape index (κ1) is 17.8. The minimum absolute atomic E-state index is 0.884. The third-order valence-electron chi connectivity index (χ3n) is 4.42. The van der Waals surface area contributed by atoms with E-state index in [1.54, 1.807) is 35.4 Å². The van der Waals surface area contributed by atoms with Gasteiger partial charge in [-0.05, 0) is 24.7 Å². The first-order valence-corrected chi connectivity index (χ1v) is 9.81. The molecule has 4 aliphatic rings. The van der Waals surface area contributed by atoms with Gasteiger partial charge in [0.1, 0.15) is 0 Å². The summed E-state index contributed by atoms with van der Waals surface area (Å²) >= 11 is 1.55. The average molecular weight is 372 g/mol. The number of allylic oxidation sites excluding steroid dienone is 8. The van der Waals surface area contributed by atoms with Gasteiger partial charge in [0, 0.05) is 0 Å². The van der Waals surface area contributed by atoms with Gasteiger partial charge in [-0.25, -0.2) is 36.1 Å². The van der Waals surface area contributed by atoms with Crippen LogP contribution in [0.5, 0.6) is 0 Å². The van der Waals surface area contributed by atoms with Crippen molar-refractivity contribution in [3.05, 3.63) is 60.4 Å². The van der Waals surface area contributed by atoms with E-state index < -0.39 is 0 Å². The summed E-state index contributed by atoms with van der Waals surface area (Å²) in [6.45, 7) is 4.25. The quantitative estimate of drug-likeness (QED) is 0.478. The summed E-state index contributed by atoms with van der Waals surface area (Å²) in [5.41, 5.74) is 3.16. The van der Waals surface area contributed by atoms with Gasteiger partial charge in [-0.3, -0.25) is 0 Å². The van der Waals surface area contributed by atoms with Crippen LogP contribution >= 0.6 is 0 Å². The van der Waals surface area contributed by atoms with Gasteiger partial charge in [0.05, 0.1) is 0 Å². The minimum atomic E-state index is 0.884. The topological polar surface area (TPSA) is 0 Å². The fourth-order valence-electron chi connectivity index (χ4n) is 3.33. The van der Waals surface area contributed by atoms with Gasteiger partial charge in [-0.15, -0.1) is 37.1 Å². The van der Waals surface area contributed by atoms with Crippen LogP contribution < -0.4 is 0 Å². The Morgan fingerprint density at radius 3 is 1.68 bits per heavy atom. The van der Waals surface area contributed by atoms with Gasteiger partial charge >= 0.3 is 41.3 Å². The summed E-state index contributed by atoms with van der Waals surface area (Å²) in [7, 11) is 0. The van der Waals surface area contributed by atoms with Crippen molar-refractivity contribution in [2.24, 2.45) is 11.8 Å². The van der Waals surface area contributed by atoms with Crippen molar-refractivity contribution in [1.82, 2.24) is 0 Å². The van der Waals surface area contributed by atoms with E-state index in [-0.39, 0.29) is 0 Å². The molecule has 0 spiro atoms. The summed E-state index contributed by atoms with van der Waals surface area (Å²) in [4.78, 5) is 0. The molecular weight excluding hydrogens is 343 g/mol. The zero-order valence-corrected chi connectivity index (χ0v) is 16.5. The molecule has 0 saturated heterocycles. The Hall–Kier alpha value is -0.547. The van der Waals surface area contributed by atoms with Crippen LogP contribution in [0.3, 0.4) is 0 Å². The van der Waals surface area contributed by atoms with Crippen molar-refractivity contribution in [3.8, 4) is 0 Å². The van der Waals surface area contributed by atoms with Crippen molar-refractivity contribution in [2.75, 3.05) is 0 Å². The molecule has 0 aromatic rings. The van der Waals surface area contributed by atoms with Crippen molar-refractivity contribution < 1.29 is 24.2 Å². The molecular formula is C21H28Zr. The summed E-state index contributed by atoms with van der Waals surface area (Å²) in [6, 6.07) is 0. The molecule has 2 unspecified atom stereocenters. The molecule has 4 aliphatic carbocycles. The van der Waals surface area contributed by atoms with Crippen LogP contribution in [0.4, 0.5) is 0 Å². The number of hydrogen-bond donors (Lipinski definition) is 0. The molecule has 0 nitrogen and oxygen atoms in total. The Morgan fingerprint density at radius 2 is 1.32 bits per heavy atom. The summed E-state index contributed by atoms with van der Waals surface area (Å²) < 4.78 is 1.51. The Labute approximate surface area is 151 Å². The molecule has 0 heterocycles. The molecule has 0 aromatic carbocycles. The van der Waals surface area contributed by atoms with Gasteiger partial charge in [-0.1, -0.05) is 12.8 Å². The van der Waals surface area contributed by atoms with E-state index in [1.807, 2.05) is 0 Å². The Bertz CT molecular complexity index is 446. The van der Waals surface area contributed by atoms with Gasteiger partial charge in [-0.2, -0.15) is 0 Å². The molecule has 2 saturated carbocycles. The fraction of sp³-hybridized carbons (Fsp3) is 0.476. The second kappa shape index (κ2) is 9.56. The van der Waals surface area contributed by atoms with Crippen LogP contribution in [-0.2, 0) is 24.2 Å². The van der Waals surface area contributed by atoms with Crippen LogP contribution in [-0.4, -0.2) is 3.21 Å². The molecule has 2 fully saturated rings. The molecule has 0 bridgehead atoms. The monoisotopic (exact) mass is 370 g/mol. The molecule has 2 atom stereocenters. The molecule has 0 radical (unpaired) electrons. The van der Waals surface area contributed by atoms with Crippen LogP contribution in [0, 0.1) is 24.7 Å². The predicted molar refractivity (Wildman–Crippen MR) is 94.1 cm³/mol. The molecule has 0 N–H and O–H groups in total. The predicted octanol–water partition coefficient (Wildman–Crippen LogP) is 5.72. The molecule has 0 aromatic heterocycles. The van der Waals surface area contributed by atoms with Gasteiger partial charge in [0.25, 0.3) is 0 Å². The molecule has 4 rings (SSSR count). The van der Waals surface area contributed by atoms with Gasteiger partial charge in [0.15, 0.2) is 0 Å². The molecule has 0 amide bonds. The Kier molecular flexibility index (Phi) is 7.74. The second-order valence-corrected chi connectivity index (χ2v) is 9.08. The summed E-state index contributed by atoms with van der Waals surface area (Å²) in [5, 5.41) is 0. The SMILES string of the molecule is C1=CCC2CC[CH-]C2=C1.C1=CCC2CC[CH-]C2=C1.C[C](C)=[Zr+2]. The average Bonchev–Trinajstić information content (AvgIpc) is 3.16. The van der Waals surface area contributed by atoms with Crippen LogP contribution in [0.25, 0.3) is 0 Å². The molecule has 116 valence electrons. The van der Waals surface area contributed by atoms with E-state index in [2.05, 4.69) is 63.1 Å². The zero-order valence-electron chi connectivity index (χ0n) is 14.0. The fourth-order valence-corrected chi connectivity index (χ4v) is 3.33. The zero-order chi connectivity index (χ0) is 15.8. The van der Waals surface area contributed by atoms with E-state index in [4.69, 9.17) is 0 Å². The maximum atomic E-state index is 2.37. The molecule has 22 heavy (non-hydrogen) atoms. The van der Waals surface area contributed by atoms with E-state index in [1.165, 1.54) is 41.7 Å². The van der Waals surface area contributed by atoms with Crippen LogP contribution in [0.1, 0.15) is 52.4 Å². The Morgan fingerprint density at radius 1 is 0.909 bits per heavy atom. The van der Waals surface area contributed by atoms with Crippen LogP contribution in [0.15, 0.2) is 47.6 Å². The number of rotatable bonds is 0. The Balaban J connectivity index is 0.000000131. The first-order valence-electron chi connectivity index (χ1n) is 8.58. The van der Waals surface area contributed by atoms with Crippen molar-refractivity contribution >= 4 is 3.21 Å². The van der Waals surface area contributed by atoms with Crippen LogP contribution in [0.2, 0.25) is 0 Å². The normalized spacial score (nSPS) is 26.7. The number of hydrogen-bond acceptors (Lipinski definition) is 0. The molecule has 0 aliphatic heterocycles. The van der Waals surface area contributed by atoms with E-state index in [0.29, 0.717) is 0 Å². The van der Waals surface area contributed by atoms with E-state index in [9.17, 15) is 0 Å². The summed E-state index contributed by atoms with van der Waals surface area (Å²) in [6.07, 6.45) is 26.1. The number of fused-ring (bicyclic) bond motifs is 2. The molecule has 1 heteroatoms. The van der Waals surface area contributed by atoms with Gasteiger partial charge in [0.2, 0.25) is 0 Å². The van der Waals surface area contributed by atoms with Crippen molar-refractivity contribution in [3.63, 3.8) is 0 Å². The third kappa shape index (κ3) is 5.92. The third-order valence-corrected chi connectivity index (χ3v) is 4.42. The summed E-state index contributed by atoms with van der Waals surface area (Å²) in [5.74, 6) is 1.77. The standard InChI is InChI=1S/2C9H11.C3H6.Zr/c2*1-2-5-9-7-3-6-8(9)4-1;1-3-2;/h2*1-2,4,6,9H,3,5,7H2;1-2H3;/q2*-1;;+2. The van der Waals surface area contributed by atoms with Crippen molar-refractivity contribution in [1.29, 1.82) is 0 Å².